The predicted molar refractivity (Wildman–Crippen MR) is 134 cm³/mol. The molecule has 0 bridgehead atoms. The van der Waals surface area contributed by atoms with Crippen molar-refractivity contribution in [2.45, 2.75) is 13.8 Å². The molecule has 0 radical (unpaired) electrons. The number of nitrogens with zero attached hydrogens (tertiary/aromatic N) is 4. The van der Waals surface area contributed by atoms with Crippen molar-refractivity contribution < 1.29 is 19.4 Å². The van der Waals surface area contributed by atoms with E-state index in [0.29, 0.717) is 17.4 Å². The van der Waals surface area contributed by atoms with E-state index in [9.17, 15) is 29.8 Å². The third-order valence-corrected chi connectivity index (χ3v) is 4.83. The average Bonchev–Trinajstić information content (AvgIpc) is 2.85. The zero-order chi connectivity index (χ0) is 26.2. The van der Waals surface area contributed by atoms with Crippen LogP contribution in [0.4, 0.5) is 22.7 Å². The minimum atomic E-state index is -0.861. The van der Waals surface area contributed by atoms with Crippen LogP contribution < -0.4 is 10.9 Å². The largest absolute Gasteiger partial charge is 0.293 e. The molecular formula is C24H20N6O6. The molecule has 0 aliphatic heterocycles. The molecule has 0 fully saturated rings. The number of para-hydroxylation sites is 2. The Hall–Kier alpha value is -5.26. The zero-order valence-electron chi connectivity index (χ0n) is 19.2. The van der Waals surface area contributed by atoms with Crippen LogP contribution in [0.5, 0.6) is 0 Å². The Labute approximate surface area is 204 Å². The normalized spacial score (nSPS) is 11.5. The molecule has 0 unspecified atom stereocenters. The highest BCUT2D eigenvalue weighted by Crippen LogP contribution is 2.31. The van der Waals surface area contributed by atoms with E-state index in [4.69, 9.17) is 0 Å². The maximum Gasteiger partial charge on any atom is 0.285 e. The second-order valence-electron chi connectivity index (χ2n) is 7.39. The van der Waals surface area contributed by atoms with Crippen LogP contribution >= 0.6 is 0 Å². The molecule has 0 heterocycles. The molecule has 0 saturated heterocycles. The average molecular weight is 488 g/mol. The summed E-state index contributed by atoms with van der Waals surface area (Å²) in [7, 11) is 0. The second kappa shape index (κ2) is 11.2. The van der Waals surface area contributed by atoms with Gasteiger partial charge >= 0.3 is 0 Å². The van der Waals surface area contributed by atoms with E-state index in [0.717, 1.165) is 19.9 Å². The Morgan fingerprint density at radius 3 is 1.33 bits per heavy atom. The topological polar surface area (TPSA) is 169 Å². The number of rotatable bonds is 10. The molecule has 0 spiro atoms. The number of anilines is 2. The molecule has 0 amide bonds. The number of hydrogen-bond acceptors (Lipinski definition) is 10. The summed E-state index contributed by atoms with van der Waals surface area (Å²) in [4.78, 5) is 46.8. The molecule has 3 aromatic rings. The minimum absolute atomic E-state index is 0.315. The van der Waals surface area contributed by atoms with Gasteiger partial charge in [-0.3, -0.25) is 40.7 Å². The van der Waals surface area contributed by atoms with E-state index in [-0.39, 0.29) is 22.6 Å². The first kappa shape index (κ1) is 25.4. The van der Waals surface area contributed by atoms with Gasteiger partial charge in [0.15, 0.2) is 11.6 Å². The highest BCUT2D eigenvalue weighted by molar-refractivity contribution is 6.49. The number of benzene rings is 3. The highest BCUT2D eigenvalue weighted by Gasteiger charge is 2.31. The summed E-state index contributed by atoms with van der Waals surface area (Å²) in [5, 5.41) is 31.7. The zero-order valence-corrected chi connectivity index (χ0v) is 19.2. The van der Waals surface area contributed by atoms with Gasteiger partial charge in [0.1, 0.15) is 11.4 Å². The quantitative estimate of drug-likeness (QED) is 0.241. The third kappa shape index (κ3) is 5.99. The van der Waals surface area contributed by atoms with E-state index in [1.54, 1.807) is 60.7 Å². The molecule has 2 N–H and O–H groups in total. The number of carbonyl (C=O) groups is 2. The lowest BCUT2D eigenvalue weighted by Crippen LogP contribution is -2.20. The van der Waals surface area contributed by atoms with Crippen molar-refractivity contribution in [1.82, 2.24) is 0 Å². The fourth-order valence-corrected chi connectivity index (χ4v) is 3.18. The highest BCUT2D eigenvalue weighted by atomic mass is 16.6. The van der Waals surface area contributed by atoms with E-state index >= 15 is 0 Å². The molecule has 3 rings (SSSR count). The van der Waals surface area contributed by atoms with Gasteiger partial charge in [-0.2, -0.15) is 10.2 Å². The van der Waals surface area contributed by atoms with Crippen LogP contribution in [-0.4, -0.2) is 32.8 Å². The summed E-state index contributed by atoms with van der Waals surface area (Å²) >= 11 is 0. The van der Waals surface area contributed by atoms with Crippen LogP contribution in [0.1, 0.15) is 25.0 Å². The molecule has 0 aliphatic rings. The summed E-state index contributed by atoms with van der Waals surface area (Å²) in [6.07, 6.45) is 0. The Bertz CT molecular complexity index is 1280. The van der Waals surface area contributed by atoms with Crippen LogP contribution in [0.25, 0.3) is 0 Å². The van der Waals surface area contributed by atoms with Crippen molar-refractivity contribution in [3.05, 3.63) is 104 Å². The first-order chi connectivity index (χ1) is 17.2. The van der Waals surface area contributed by atoms with Crippen LogP contribution in [0.15, 0.2) is 83.0 Å². The molecule has 0 aliphatic carbocycles. The van der Waals surface area contributed by atoms with Gasteiger partial charge in [0.25, 0.3) is 11.4 Å². The van der Waals surface area contributed by atoms with Crippen molar-refractivity contribution in [3.8, 4) is 0 Å². The number of Topliss-reactive ketones (excluding diaryl/α,β-unsaturated/α-hetero) is 2. The number of nitrogens with one attached hydrogen (secondary N) is 2. The molecule has 12 heteroatoms. The van der Waals surface area contributed by atoms with Gasteiger partial charge in [0.2, 0.25) is 0 Å². The molecule has 0 aromatic heterocycles. The molecule has 0 saturated carbocycles. The van der Waals surface area contributed by atoms with E-state index < -0.39 is 32.8 Å². The van der Waals surface area contributed by atoms with Crippen molar-refractivity contribution in [1.29, 1.82) is 0 Å². The van der Waals surface area contributed by atoms with E-state index in [1.807, 2.05) is 0 Å². The Balaban J connectivity index is 2.23. The first-order valence-corrected chi connectivity index (χ1v) is 10.5. The van der Waals surface area contributed by atoms with Crippen molar-refractivity contribution in [3.63, 3.8) is 0 Å². The monoisotopic (exact) mass is 488 g/mol. The van der Waals surface area contributed by atoms with Crippen molar-refractivity contribution in [2.24, 2.45) is 10.2 Å². The first-order valence-electron chi connectivity index (χ1n) is 10.5. The predicted octanol–water partition coefficient (Wildman–Crippen LogP) is 4.31. The lowest BCUT2D eigenvalue weighted by molar-refractivity contribution is -0.394. The maximum atomic E-state index is 12.4. The number of hydrogen-bond donors (Lipinski definition) is 2. The lowest BCUT2D eigenvalue weighted by atomic mass is 9.96. The Morgan fingerprint density at radius 1 is 0.667 bits per heavy atom. The van der Waals surface area contributed by atoms with Crippen LogP contribution in [0, 0.1) is 20.2 Å². The van der Waals surface area contributed by atoms with Crippen molar-refractivity contribution in [2.75, 3.05) is 10.9 Å². The number of nitro groups is 2. The standard InChI is InChI=1S/C24H20N6O6/c1-15(31)23(27-25-17-9-5-3-6-10-17)19-13-20(22(30(35)36)14-21(19)29(33)34)24(16(2)32)28-26-18-11-7-4-8-12-18/h3-14,25-26H,1-2H3/b27-23-,28-24?. The fourth-order valence-electron chi connectivity index (χ4n) is 3.18. The Morgan fingerprint density at radius 2 is 1.03 bits per heavy atom. The third-order valence-electron chi connectivity index (χ3n) is 4.83. The van der Waals surface area contributed by atoms with E-state index in [2.05, 4.69) is 21.1 Å². The van der Waals surface area contributed by atoms with Gasteiger partial charge in [0, 0.05) is 13.8 Å². The van der Waals surface area contributed by atoms with Crippen LogP contribution in [0.2, 0.25) is 0 Å². The number of carbonyl (C=O) groups excluding carboxylic acids is 2. The molecule has 0 atom stereocenters. The molecule has 36 heavy (non-hydrogen) atoms. The Kier molecular flexibility index (Phi) is 7.92. The molecular weight excluding hydrogens is 468 g/mol. The number of nitro benzene ring substituents is 2. The summed E-state index contributed by atoms with van der Waals surface area (Å²) in [6, 6.07) is 18.7. The summed E-state index contributed by atoms with van der Waals surface area (Å²) in [5.41, 5.74) is 3.49. The van der Waals surface area contributed by atoms with Gasteiger partial charge < -0.3 is 0 Å². The molecule has 182 valence electrons. The van der Waals surface area contributed by atoms with Gasteiger partial charge in [-0.15, -0.1) is 0 Å². The van der Waals surface area contributed by atoms with Gasteiger partial charge in [0.05, 0.1) is 38.4 Å². The summed E-state index contributed by atoms with van der Waals surface area (Å²) in [6.45, 7) is 2.29. The van der Waals surface area contributed by atoms with Gasteiger partial charge in [-0.1, -0.05) is 36.4 Å². The minimum Gasteiger partial charge on any atom is -0.293 e. The van der Waals surface area contributed by atoms with E-state index in [1.165, 1.54) is 0 Å². The lowest BCUT2D eigenvalue weighted by Gasteiger charge is -2.10. The molecule has 3 aromatic carbocycles. The fraction of sp³-hybridized carbons (Fsp3) is 0.0833. The maximum absolute atomic E-state index is 12.4. The van der Waals surface area contributed by atoms with Gasteiger partial charge in [-0.05, 0) is 30.3 Å². The summed E-state index contributed by atoms with van der Waals surface area (Å²) in [5.74, 6) is -1.30. The van der Waals surface area contributed by atoms with Crippen LogP contribution in [0.3, 0.4) is 0 Å². The smallest absolute Gasteiger partial charge is 0.285 e. The van der Waals surface area contributed by atoms with Crippen LogP contribution in [-0.2, 0) is 9.59 Å². The number of ketones is 2. The van der Waals surface area contributed by atoms with Gasteiger partial charge in [-0.25, -0.2) is 0 Å². The van der Waals surface area contributed by atoms with Crippen molar-refractivity contribution >= 4 is 45.7 Å². The second-order valence-corrected chi connectivity index (χ2v) is 7.39. The SMILES string of the molecule is CC(=O)C(=NNc1ccccc1)c1cc(/C(=N\Nc2ccccc2)C(C)=O)c([N+](=O)[O-])cc1[N+](=O)[O-]. The number of hydrazone groups is 2. The molecule has 12 nitrogen and oxygen atoms in total. The summed E-state index contributed by atoms with van der Waals surface area (Å²) < 4.78 is 0.